The highest BCUT2D eigenvalue weighted by Gasteiger charge is 1.91. The minimum absolute atomic E-state index is 0.449. The van der Waals surface area contributed by atoms with Crippen LogP contribution in [0.3, 0.4) is 0 Å². The molecule has 0 N–H and O–H groups in total. The first-order valence-electron chi connectivity index (χ1n) is 5.73. The van der Waals surface area contributed by atoms with Gasteiger partial charge in [-0.2, -0.15) is 0 Å². The highest BCUT2D eigenvalue weighted by Crippen LogP contribution is 2.02. The fraction of sp³-hybridized carbons (Fsp3) is 1.00. The van der Waals surface area contributed by atoms with E-state index < -0.39 is 0 Å². The summed E-state index contributed by atoms with van der Waals surface area (Å²) in [4.78, 5) is 0. The second kappa shape index (κ2) is 12.0. The summed E-state index contributed by atoms with van der Waals surface area (Å²) in [6.07, 6.45) is 4.23. The molecular weight excluding hydrogens is 160 g/mol. The Bertz CT molecular complexity index is 77.2. The van der Waals surface area contributed by atoms with Crippen molar-refractivity contribution in [3.8, 4) is 0 Å². The first-order chi connectivity index (χ1) is 6.12. The standard InChI is InChI=1S/C6H14O.C6H14/c1-4-6(3)7-5-2;1-4-6(3)5-2/h6H,4-5H2,1-3H3;6H,4-5H2,1-3H3. The molecule has 13 heavy (non-hydrogen) atoms. The molecule has 0 aliphatic rings. The average Bonchev–Trinajstić information content (AvgIpc) is 2.18. The summed E-state index contributed by atoms with van der Waals surface area (Å²) in [5.74, 6) is 0.935. The van der Waals surface area contributed by atoms with E-state index >= 15 is 0 Å². The normalized spacial score (nSPS) is 12.2. The zero-order chi connectivity index (χ0) is 10.7. The lowest BCUT2D eigenvalue weighted by molar-refractivity contribution is 0.0739. The van der Waals surface area contributed by atoms with Gasteiger partial charge in [-0.1, -0.05) is 40.5 Å². The van der Waals surface area contributed by atoms with Crippen molar-refractivity contribution >= 4 is 0 Å². The van der Waals surface area contributed by atoms with E-state index in [1.165, 1.54) is 12.8 Å². The third kappa shape index (κ3) is 14.8. The van der Waals surface area contributed by atoms with Gasteiger partial charge in [0.15, 0.2) is 0 Å². The van der Waals surface area contributed by atoms with E-state index in [1.807, 2.05) is 6.92 Å². The van der Waals surface area contributed by atoms with Crippen molar-refractivity contribution in [3.05, 3.63) is 0 Å². The minimum atomic E-state index is 0.449. The molecular formula is C12H28O. The van der Waals surface area contributed by atoms with Crippen LogP contribution in [0, 0.1) is 5.92 Å². The smallest absolute Gasteiger partial charge is 0.0544 e. The van der Waals surface area contributed by atoms with Gasteiger partial charge in [0.25, 0.3) is 0 Å². The Morgan fingerprint density at radius 1 is 0.846 bits per heavy atom. The van der Waals surface area contributed by atoms with E-state index in [2.05, 4.69) is 34.6 Å². The van der Waals surface area contributed by atoms with Crippen LogP contribution in [0.15, 0.2) is 0 Å². The van der Waals surface area contributed by atoms with Gasteiger partial charge in [0.2, 0.25) is 0 Å². The van der Waals surface area contributed by atoms with Gasteiger partial charge in [-0.25, -0.2) is 0 Å². The van der Waals surface area contributed by atoms with Crippen molar-refractivity contribution in [1.82, 2.24) is 0 Å². The van der Waals surface area contributed by atoms with Crippen LogP contribution in [-0.4, -0.2) is 12.7 Å². The first kappa shape index (κ1) is 15.4. The lowest BCUT2D eigenvalue weighted by Gasteiger charge is -2.05. The van der Waals surface area contributed by atoms with Crippen LogP contribution in [0.4, 0.5) is 0 Å². The van der Waals surface area contributed by atoms with Crippen molar-refractivity contribution in [1.29, 1.82) is 0 Å². The molecule has 0 spiro atoms. The maximum absolute atomic E-state index is 5.19. The van der Waals surface area contributed by atoms with Crippen LogP contribution in [0.5, 0.6) is 0 Å². The van der Waals surface area contributed by atoms with Crippen molar-refractivity contribution in [3.63, 3.8) is 0 Å². The zero-order valence-electron chi connectivity index (χ0n) is 10.4. The minimum Gasteiger partial charge on any atom is -0.379 e. The fourth-order valence-electron chi connectivity index (χ4n) is 0.691. The van der Waals surface area contributed by atoms with Crippen LogP contribution < -0.4 is 0 Å². The van der Waals surface area contributed by atoms with E-state index in [0.29, 0.717) is 6.10 Å². The molecule has 1 heteroatoms. The summed E-state index contributed by atoms with van der Waals surface area (Å²) in [7, 11) is 0. The summed E-state index contributed by atoms with van der Waals surface area (Å²) >= 11 is 0. The lowest BCUT2D eigenvalue weighted by atomic mass is 10.1. The maximum Gasteiger partial charge on any atom is 0.0544 e. The molecule has 0 bridgehead atoms. The van der Waals surface area contributed by atoms with Crippen molar-refractivity contribution < 1.29 is 4.74 Å². The van der Waals surface area contributed by atoms with Crippen LogP contribution >= 0.6 is 0 Å². The van der Waals surface area contributed by atoms with E-state index in [1.54, 1.807) is 0 Å². The largest absolute Gasteiger partial charge is 0.379 e. The molecule has 0 aliphatic carbocycles. The van der Waals surface area contributed by atoms with Crippen LogP contribution in [-0.2, 0) is 4.74 Å². The fourth-order valence-corrected chi connectivity index (χ4v) is 0.691. The molecule has 1 unspecified atom stereocenters. The second-order valence-electron chi connectivity index (χ2n) is 3.60. The second-order valence-corrected chi connectivity index (χ2v) is 3.60. The Morgan fingerprint density at radius 2 is 1.31 bits per heavy atom. The van der Waals surface area contributed by atoms with E-state index in [-0.39, 0.29) is 0 Å². The molecule has 0 aromatic heterocycles. The number of rotatable bonds is 5. The first-order valence-corrected chi connectivity index (χ1v) is 5.73. The predicted octanol–water partition coefficient (Wildman–Crippen LogP) is 4.26. The van der Waals surface area contributed by atoms with Gasteiger partial charge in [-0.05, 0) is 26.2 Å². The van der Waals surface area contributed by atoms with Gasteiger partial charge in [0.05, 0.1) is 6.10 Å². The quantitative estimate of drug-likeness (QED) is 0.626. The predicted molar refractivity (Wildman–Crippen MR) is 61.1 cm³/mol. The highest BCUT2D eigenvalue weighted by molar-refractivity contribution is 4.41. The van der Waals surface area contributed by atoms with Gasteiger partial charge in [-0.15, -0.1) is 0 Å². The number of hydrogen-bond acceptors (Lipinski definition) is 1. The summed E-state index contributed by atoms with van der Waals surface area (Å²) < 4.78 is 5.19. The molecule has 1 nitrogen and oxygen atoms in total. The molecule has 0 fully saturated rings. The van der Waals surface area contributed by atoms with E-state index in [4.69, 9.17) is 4.74 Å². The Kier molecular flexibility index (Phi) is 14.2. The van der Waals surface area contributed by atoms with Crippen LogP contribution in [0.1, 0.15) is 60.8 Å². The third-order valence-electron chi connectivity index (χ3n) is 2.42. The Morgan fingerprint density at radius 3 is 1.38 bits per heavy atom. The van der Waals surface area contributed by atoms with Crippen molar-refractivity contribution in [2.24, 2.45) is 5.92 Å². The molecule has 0 aromatic carbocycles. The van der Waals surface area contributed by atoms with Crippen LogP contribution in [0.2, 0.25) is 0 Å². The van der Waals surface area contributed by atoms with Gasteiger partial charge in [0, 0.05) is 6.61 Å². The average molecular weight is 188 g/mol. The lowest BCUT2D eigenvalue weighted by Crippen LogP contribution is -2.04. The van der Waals surface area contributed by atoms with Crippen molar-refractivity contribution in [2.45, 2.75) is 66.9 Å². The molecule has 0 rings (SSSR count). The molecule has 0 saturated carbocycles. The molecule has 82 valence electrons. The number of hydrogen-bond donors (Lipinski definition) is 0. The topological polar surface area (TPSA) is 9.23 Å². The molecule has 0 radical (unpaired) electrons. The Hall–Kier alpha value is -0.0400. The third-order valence-corrected chi connectivity index (χ3v) is 2.42. The molecule has 0 heterocycles. The highest BCUT2D eigenvalue weighted by atomic mass is 16.5. The van der Waals surface area contributed by atoms with Crippen molar-refractivity contribution in [2.75, 3.05) is 6.61 Å². The maximum atomic E-state index is 5.19. The summed E-state index contributed by atoms with van der Waals surface area (Å²) in [5.41, 5.74) is 0. The van der Waals surface area contributed by atoms with E-state index in [0.717, 1.165) is 18.9 Å². The zero-order valence-corrected chi connectivity index (χ0v) is 10.4. The molecule has 1 atom stereocenters. The van der Waals surface area contributed by atoms with Gasteiger partial charge >= 0.3 is 0 Å². The Balaban J connectivity index is 0. The monoisotopic (exact) mass is 188 g/mol. The van der Waals surface area contributed by atoms with Gasteiger partial charge in [0.1, 0.15) is 0 Å². The summed E-state index contributed by atoms with van der Waals surface area (Å²) in [6, 6.07) is 0. The summed E-state index contributed by atoms with van der Waals surface area (Å²) in [5, 5.41) is 0. The van der Waals surface area contributed by atoms with Gasteiger partial charge in [-0.3, -0.25) is 0 Å². The van der Waals surface area contributed by atoms with Gasteiger partial charge < -0.3 is 4.74 Å². The molecule has 0 saturated heterocycles. The van der Waals surface area contributed by atoms with Crippen LogP contribution in [0.25, 0.3) is 0 Å². The molecule has 0 amide bonds. The SMILES string of the molecule is CCC(C)CC.CCOC(C)CC. The summed E-state index contributed by atoms with van der Waals surface area (Å²) in [6.45, 7) is 13.8. The Labute approximate surface area is 84.9 Å². The number of ether oxygens (including phenoxy) is 1. The molecule has 0 aromatic rings. The van der Waals surface area contributed by atoms with E-state index in [9.17, 15) is 0 Å². The molecule has 0 aliphatic heterocycles.